The van der Waals surface area contributed by atoms with Crippen molar-refractivity contribution >= 4 is 0 Å². The van der Waals surface area contributed by atoms with Crippen molar-refractivity contribution in [2.75, 3.05) is 13.4 Å². The minimum Gasteiger partial charge on any atom is -0.371 e. The summed E-state index contributed by atoms with van der Waals surface area (Å²) in [6.45, 7) is 4.82. The van der Waals surface area contributed by atoms with Gasteiger partial charge in [-0.25, -0.2) is 0 Å². The molecule has 0 rings (SSSR count). The van der Waals surface area contributed by atoms with Crippen LogP contribution in [0, 0.1) is 5.92 Å². The van der Waals surface area contributed by atoms with Gasteiger partial charge < -0.3 is 9.84 Å². The molecule has 0 heterocycles. The maximum Gasteiger partial charge on any atom is 0.143 e. The molecule has 0 aromatic carbocycles. The Morgan fingerprint density at radius 1 is 1.33 bits per heavy atom. The van der Waals surface area contributed by atoms with Gasteiger partial charge in [0.05, 0.1) is 6.61 Å². The lowest BCUT2D eigenvalue weighted by molar-refractivity contribution is -0.0184. The Morgan fingerprint density at radius 3 is 2.22 bits per heavy atom. The Morgan fingerprint density at radius 2 is 1.89 bits per heavy atom. The summed E-state index contributed by atoms with van der Waals surface area (Å²) in [6, 6.07) is 0. The number of hydrogen-bond acceptors (Lipinski definition) is 2. The monoisotopic (exact) mass is 132 g/mol. The minimum absolute atomic E-state index is 0.142. The molecule has 2 heteroatoms. The van der Waals surface area contributed by atoms with Gasteiger partial charge in [0.25, 0.3) is 0 Å². The zero-order chi connectivity index (χ0) is 7.11. The molecule has 0 aliphatic heterocycles. The smallest absolute Gasteiger partial charge is 0.143 e. The summed E-state index contributed by atoms with van der Waals surface area (Å²) in [5.74, 6) is 0.622. The lowest BCUT2D eigenvalue weighted by atomic mass is 10.1. The van der Waals surface area contributed by atoms with E-state index >= 15 is 0 Å². The van der Waals surface area contributed by atoms with Crippen LogP contribution in [0.15, 0.2) is 0 Å². The van der Waals surface area contributed by atoms with Crippen LogP contribution in [0.4, 0.5) is 0 Å². The molecular formula is C7H16O2. The van der Waals surface area contributed by atoms with Crippen molar-refractivity contribution < 1.29 is 9.84 Å². The zero-order valence-corrected chi connectivity index (χ0v) is 6.26. The maximum absolute atomic E-state index is 8.28. The van der Waals surface area contributed by atoms with Crippen molar-refractivity contribution in [2.24, 2.45) is 5.92 Å². The molecule has 0 aromatic rings. The Hall–Kier alpha value is -0.0800. The molecule has 0 aromatic heterocycles. The highest BCUT2D eigenvalue weighted by Crippen LogP contribution is 2.06. The molecule has 0 saturated heterocycles. The highest BCUT2D eigenvalue weighted by molar-refractivity contribution is 4.50. The number of aliphatic hydroxyl groups is 1. The molecule has 0 aliphatic rings. The van der Waals surface area contributed by atoms with Crippen LogP contribution in [0.25, 0.3) is 0 Å². The summed E-state index contributed by atoms with van der Waals surface area (Å²) in [6.07, 6.45) is 2.27. The first kappa shape index (κ1) is 8.92. The standard InChI is InChI=1S/C7H16O2/c1-3-7(4-2)5-9-6-8/h7-8H,3-6H2,1-2H3. The summed E-state index contributed by atoms with van der Waals surface area (Å²) >= 11 is 0. The van der Waals surface area contributed by atoms with E-state index in [4.69, 9.17) is 9.84 Å². The van der Waals surface area contributed by atoms with Crippen molar-refractivity contribution in [3.8, 4) is 0 Å². The first-order valence-corrected chi connectivity index (χ1v) is 3.53. The predicted octanol–water partition coefficient (Wildman–Crippen LogP) is 1.39. The molecule has 0 aliphatic carbocycles. The van der Waals surface area contributed by atoms with Crippen LogP contribution >= 0.6 is 0 Å². The van der Waals surface area contributed by atoms with E-state index in [2.05, 4.69) is 13.8 Å². The molecule has 0 bridgehead atoms. The number of aliphatic hydroxyl groups excluding tert-OH is 1. The molecule has 0 spiro atoms. The van der Waals surface area contributed by atoms with E-state index in [1.807, 2.05) is 0 Å². The second-order valence-electron chi connectivity index (χ2n) is 2.18. The van der Waals surface area contributed by atoms with Crippen molar-refractivity contribution in [2.45, 2.75) is 26.7 Å². The average Bonchev–Trinajstić information content (AvgIpc) is 1.91. The van der Waals surface area contributed by atoms with E-state index in [9.17, 15) is 0 Å². The largest absolute Gasteiger partial charge is 0.371 e. The minimum atomic E-state index is -0.142. The fraction of sp³-hybridized carbons (Fsp3) is 1.00. The van der Waals surface area contributed by atoms with Crippen LogP contribution in [0.1, 0.15) is 26.7 Å². The van der Waals surface area contributed by atoms with Crippen molar-refractivity contribution in [1.82, 2.24) is 0 Å². The fourth-order valence-corrected chi connectivity index (χ4v) is 0.744. The molecule has 0 unspecified atom stereocenters. The summed E-state index contributed by atoms with van der Waals surface area (Å²) < 4.78 is 4.83. The zero-order valence-electron chi connectivity index (χ0n) is 6.26. The van der Waals surface area contributed by atoms with Gasteiger partial charge in [0, 0.05) is 0 Å². The quantitative estimate of drug-likeness (QED) is 0.573. The van der Waals surface area contributed by atoms with Crippen LogP contribution in [-0.2, 0) is 4.74 Å². The SMILES string of the molecule is CCC(CC)COCO. The van der Waals surface area contributed by atoms with Crippen molar-refractivity contribution in [3.05, 3.63) is 0 Å². The summed E-state index contributed by atoms with van der Waals surface area (Å²) in [5.41, 5.74) is 0. The van der Waals surface area contributed by atoms with Gasteiger partial charge in [-0.1, -0.05) is 26.7 Å². The van der Waals surface area contributed by atoms with E-state index in [0.29, 0.717) is 12.5 Å². The molecule has 1 N–H and O–H groups in total. The van der Waals surface area contributed by atoms with Gasteiger partial charge in [-0.05, 0) is 5.92 Å². The van der Waals surface area contributed by atoms with Gasteiger partial charge >= 0.3 is 0 Å². The Balaban J connectivity index is 3.09. The second-order valence-corrected chi connectivity index (χ2v) is 2.18. The van der Waals surface area contributed by atoms with E-state index < -0.39 is 0 Å². The van der Waals surface area contributed by atoms with E-state index in [0.717, 1.165) is 12.8 Å². The van der Waals surface area contributed by atoms with Crippen molar-refractivity contribution in [1.29, 1.82) is 0 Å². The van der Waals surface area contributed by atoms with E-state index in [1.165, 1.54) is 0 Å². The second kappa shape index (κ2) is 6.05. The first-order valence-electron chi connectivity index (χ1n) is 3.53. The number of rotatable bonds is 5. The van der Waals surface area contributed by atoms with E-state index in [-0.39, 0.29) is 6.79 Å². The number of hydrogen-bond donors (Lipinski definition) is 1. The Kier molecular flexibility index (Phi) is 5.99. The van der Waals surface area contributed by atoms with Crippen LogP contribution in [0.2, 0.25) is 0 Å². The molecule has 0 fully saturated rings. The van der Waals surface area contributed by atoms with Crippen LogP contribution in [-0.4, -0.2) is 18.5 Å². The van der Waals surface area contributed by atoms with Crippen molar-refractivity contribution in [3.63, 3.8) is 0 Å². The van der Waals surface area contributed by atoms with E-state index in [1.54, 1.807) is 0 Å². The normalized spacial score (nSPS) is 10.7. The Labute approximate surface area is 56.8 Å². The molecule has 0 saturated carbocycles. The molecule has 0 radical (unpaired) electrons. The average molecular weight is 132 g/mol. The summed E-state index contributed by atoms with van der Waals surface area (Å²) in [7, 11) is 0. The lowest BCUT2D eigenvalue weighted by Gasteiger charge is -2.09. The molecular weight excluding hydrogens is 116 g/mol. The highest BCUT2D eigenvalue weighted by atomic mass is 16.6. The van der Waals surface area contributed by atoms with Gasteiger partial charge in [-0.3, -0.25) is 0 Å². The van der Waals surface area contributed by atoms with Gasteiger partial charge in [-0.15, -0.1) is 0 Å². The third-order valence-corrected chi connectivity index (χ3v) is 1.60. The summed E-state index contributed by atoms with van der Waals surface area (Å²) in [5, 5.41) is 8.28. The van der Waals surface area contributed by atoms with Crippen LogP contribution in [0.5, 0.6) is 0 Å². The number of ether oxygens (including phenoxy) is 1. The third-order valence-electron chi connectivity index (χ3n) is 1.60. The van der Waals surface area contributed by atoms with Crippen LogP contribution < -0.4 is 0 Å². The molecule has 0 atom stereocenters. The third kappa shape index (κ3) is 4.43. The van der Waals surface area contributed by atoms with Gasteiger partial charge in [-0.2, -0.15) is 0 Å². The molecule has 56 valence electrons. The van der Waals surface area contributed by atoms with Gasteiger partial charge in [0.2, 0.25) is 0 Å². The van der Waals surface area contributed by atoms with Crippen LogP contribution in [0.3, 0.4) is 0 Å². The maximum atomic E-state index is 8.28. The summed E-state index contributed by atoms with van der Waals surface area (Å²) in [4.78, 5) is 0. The first-order chi connectivity index (χ1) is 4.35. The topological polar surface area (TPSA) is 29.5 Å². The fourth-order valence-electron chi connectivity index (χ4n) is 0.744. The van der Waals surface area contributed by atoms with Gasteiger partial charge in [0.1, 0.15) is 6.79 Å². The van der Waals surface area contributed by atoms with Gasteiger partial charge in [0.15, 0.2) is 0 Å². The highest BCUT2D eigenvalue weighted by Gasteiger charge is 2.00. The molecule has 2 nitrogen and oxygen atoms in total. The Bertz CT molecular complexity index is 50.9. The molecule has 0 amide bonds. The lowest BCUT2D eigenvalue weighted by Crippen LogP contribution is -2.07. The molecule has 9 heavy (non-hydrogen) atoms. The predicted molar refractivity (Wildman–Crippen MR) is 37.1 cm³/mol.